The van der Waals surface area contributed by atoms with Crippen LogP contribution in [0, 0.1) is 6.92 Å². The second-order valence-corrected chi connectivity index (χ2v) is 4.12. The number of aromatic amines is 1. The lowest BCUT2D eigenvalue weighted by Crippen LogP contribution is -1.75. The maximum atomic E-state index is 3.33. The van der Waals surface area contributed by atoms with Gasteiger partial charge in [0.05, 0.1) is 0 Å². The molecule has 3 aromatic rings. The normalized spacial score (nSPS) is 10.8. The van der Waals surface area contributed by atoms with Crippen molar-refractivity contribution in [2.45, 2.75) is 6.92 Å². The summed E-state index contributed by atoms with van der Waals surface area (Å²) < 4.78 is 0. The molecule has 0 spiro atoms. The largest absolute Gasteiger partial charge is 0.361 e. The van der Waals surface area contributed by atoms with Gasteiger partial charge in [0, 0.05) is 22.7 Å². The summed E-state index contributed by atoms with van der Waals surface area (Å²) >= 11 is 0. The maximum Gasteiger partial charge on any atom is 0.0463 e. The fraction of sp³-hybridized carbons (Fsp3) is 0.0667. The zero-order valence-corrected chi connectivity index (χ0v) is 9.20. The summed E-state index contributed by atoms with van der Waals surface area (Å²) in [6.45, 7) is 2.11. The van der Waals surface area contributed by atoms with Crippen molar-refractivity contribution >= 4 is 10.9 Å². The van der Waals surface area contributed by atoms with Gasteiger partial charge in [0.1, 0.15) is 0 Å². The molecule has 1 heteroatoms. The third-order valence-electron chi connectivity index (χ3n) is 2.92. The first-order valence-corrected chi connectivity index (χ1v) is 5.48. The Morgan fingerprint density at radius 3 is 2.56 bits per heavy atom. The number of rotatable bonds is 1. The Kier molecular flexibility index (Phi) is 2.03. The summed E-state index contributed by atoms with van der Waals surface area (Å²) in [5, 5.41) is 1.29. The van der Waals surface area contributed by atoms with E-state index < -0.39 is 0 Å². The fourth-order valence-corrected chi connectivity index (χ4v) is 2.10. The summed E-state index contributed by atoms with van der Waals surface area (Å²) in [6, 6.07) is 17.0. The highest BCUT2D eigenvalue weighted by atomic mass is 14.7. The Labute approximate surface area is 94.7 Å². The number of nitrogens with one attached hydrogen (secondary N) is 1. The van der Waals surface area contributed by atoms with Crippen LogP contribution in [-0.4, -0.2) is 4.98 Å². The number of aromatic nitrogens is 1. The van der Waals surface area contributed by atoms with Gasteiger partial charge in [-0.2, -0.15) is 0 Å². The van der Waals surface area contributed by atoms with E-state index in [0.717, 1.165) is 0 Å². The number of hydrogen-bond donors (Lipinski definition) is 1. The first kappa shape index (κ1) is 9.22. The van der Waals surface area contributed by atoms with Gasteiger partial charge in [-0.25, -0.2) is 0 Å². The van der Waals surface area contributed by atoms with Gasteiger partial charge >= 0.3 is 0 Å². The van der Waals surface area contributed by atoms with E-state index in [1.807, 2.05) is 6.07 Å². The van der Waals surface area contributed by atoms with Gasteiger partial charge in [-0.05, 0) is 24.1 Å². The molecule has 0 atom stereocenters. The highest BCUT2D eigenvalue weighted by Crippen LogP contribution is 2.28. The van der Waals surface area contributed by atoms with Crippen molar-refractivity contribution in [1.82, 2.24) is 4.98 Å². The van der Waals surface area contributed by atoms with Crippen molar-refractivity contribution in [3.8, 4) is 11.1 Å². The molecular formula is C15H13N. The zero-order chi connectivity index (χ0) is 11.0. The summed E-state index contributed by atoms with van der Waals surface area (Å²) in [7, 11) is 0. The first-order chi connectivity index (χ1) is 7.84. The lowest BCUT2D eigenvalue weighted by molar-refractivity contribution is 1.44. The molecule has 1 N–H and O–H groups in total. The molecular weight excluding hydrogens is 194 g/mol. The molecule has 0 aliphatic carbocycles. The molecule has 78 valence electrons. The van der Waals surface area contributed by atoms with Crippen molar-refractivity contribution in [3.63, 3.8) is 0 Å². The van der Waals surface area contributed by atoms with Gasteiger partial charge < -0.3 is 4.98 Å². The van der Waals surface area contributed by atoms with Crippen LogP contribution in [-0.2, 0) is 0 Å². The SMILES string of the molecule is Cc1ccc2c(-c3ccccc3)c[nH]c2c1. The number of benzene rings is 2. The monoisotopic (exact) mass is 207 g/mol. The molecule has 1 heterocycles. The van der Waals surface area contributed by atoms with Gasteiger partial charge in [-0.15, -0.1) is 0 Å². The predicted octanol–water partition coefficient (Wildman–Crippen LogP) is 4.14. The minimum absolute atomic E-state index is 1.21. The summed E-state index contributed by atoms with van der Waals surface area (Å²) in [5.41, 5.74) is 5.03. The Morgan fingerprint density at radius 2 is 1.75 bits per heavy atom. The van der Waals surface area contributed by atoms with Gasteiger partial charge in [0.15, 0.2) is 0 Å². The topological polar surface area (TPSA) is 15.8 Å². The zero-order valence-electron chi connectivity index (χ0n) is 9.20. The Morgan fingerprint density at radius 1 is 0.938 bits per heavy atom. The Hall–Kier alpha value is -2.02. The molecule has 0 bridgehead atoms. The molecule has 16 heavy (non-hydrogen) atoms. The average Bonchev–Trinajstić information content (AvgIpc) is 2.73. The lowest BCUT2D eigenvalue weighted by Gasteiger charge is -1.99. The van der Waals surface area contributed by atoms with E-state index in [-0.39, 0.29) is 0 Å². The van der Waals surface area contributed by atoms with E-state index in [9.17, 15) is 0 Å². The summed E-state index contributed by atoms with van der Waals surface area (Å²) in [4.78, 5) is 3.33. The third-order valence-corrected chi connectivity index (χ3v) is 2.92. The smallest absolute Gasteiger partial charge is 0.0463 e. The van der Waals surface area contributed by atoms with Crippen molar-refractivity contribution in [2.75, 3.05) is 0 Å². The highest BCUT2D eigenvalue weighted by Gasteiger charge is 2.04. The van der Waals surface area contributed by atoms with Crippen LogP contribution >= 0.6 is 0 Å². The molecule has 0 aliphatic rings. The van der Waals surface area contributed by atoms with Crippen LogP contribution in [0.4, 0.5) is 0 Å². The molecule has 2 aromatic carbocycles. The van der Waals surface area contributed by atoms with Gasteiger partial charge in [0.25, 0.3) is 0 Å². The molecule has 0 aliphatic heterocycles. The minimum atomic E-state index is 1.21. The molecule has 0 radical (unpaired) electrons. The number of aryl methyl sites for hydroxylation is 1. The van der Waals surface area contributed by atoms with E-state index in [1.165, 1.54) is 27.6 Å². The number of H-pyrrole nitrogens is 1. The molecule has 1 nitrogen and oxygen atoms in total. The van der Waals surface area contributed by atoms with Gasteiger partial charge in [0.2, 0.25) is 0 Å². The van der Waals surface area contributed by atoms with E-state index in [4.69, 9.17) is 0 Å². The van der Waals surface area contributed by atoms with Crippen LogP contribution in [0.15, 0.2) is 54.7 Å². The van der Waals surface area contributed by atoms with Crippen LogP contribution in [0.3, 0.4) is 0 Å². The summed E-state index contributed by atoms with van der Waals surface area (Å²) in [6.07, 6.45) is 2.08. The highest BCUT2D eigenvalue weighted by molar-refractivity contribution is 5.95. The predicted molar refractivity (Wildman–Crippen MR) is 68.5 cm³/mol. The second-order valence-electron chi connectivity index (χ2n) is 4.12. The Bertz CT molecular complexity index is 620. The molecule has 0 amide bonds. The van der Waals surface area contributed by atoms with E-state index in [2.05, 4.69) is 60.6 Å². The van der Waals surface area contributed by atoms with Crippen LogP contribution in [0.5, 0.6) is 0 Å². The van der Waals surface area contributed by atoms with E-state index in [1.54, 1.807) is 0 Å². The lowest BCUT2D eigenvalue weighted by atomic mass is 10.0. The van der Waals surface area contributed by atoms with E-state index in [0.29, 0.717) is 0 Å². The Balaban J connectivity index is 2.26. The van der Waals surface area contributed by atoms with Gasteiger partial charge in [-0.3, -0.25) is 0 Å². The molecule has 0 unspecified atom stereocenters. The van der Waals surface area contributed by atoms with Crippen LogP contribution in [0.25, 0.3) is 22.0 Å². The van der Waals surface area contributed by atoms with E-state index >= 15 is 0 Å². The standard InChI is InChI=1S/C15H13N/c1-11-7-8-13-14(10-16-15(13)9-11)12-5-3-2-4-6-12/h2-10,16H,1H3. The van der Waals surface area contributed by atoms with Crippen LogP contribution in [0.1, 0.15) is 5.56 Å². The van der Waals surface area contributed by atoms with Gasteiger partial charge in [-0.1, -0.05) is 42.5 Å². The molecule has 1 aromatic heterocycles. The quantitative estimate of drug-likeness (QED) is 0.617. The first-order valence-electron chi connectivity index (χ1n) is 5.48. The van der Waals surface area contributed by atoms with Crippen molar-refractivity contribution < 1.29 is 0 Å². The second kappa shape index (κ2) is 3.53. The average molecular weight is 207 g/mol. The third kappa shape index (κ3) is 1.41. The van der Waals surface area contributed by atoms with Crippen molar-refractivity contribution in [3.05, 3.63) is 60.3 Å². The van der Waals surface area contributed by atoms with Crippen LogP contribution < -0.4 is 0 Å². The molecule has 3 rings (SSSR count). The molecule has 0 saturated carbocycles. The summed E-state index contributed by atoms with van der Waals surface area (Å²) in [5.74, 6) is 0. The van der Waals surface area contributed by atoms with Crippen molar-refractivity contribution in [1.29, 1.82) is 0 Å². The number of fused-ring (bicyclic) bond motifs is 1. The molecule has 0 saturated heterocycles. The fourth-order valence-electron chi connectivity index (χ4n) is 2.10. The molecule has 0 fully saturated rings. The van der Waals surface area contributed by atoms with Crippen LogP contribution in [0.2, 0.25) is 0 Å². The minimum Gasteiger partial charge on any atom is -0.361 e. The number of hydrogen-bond acceptors (Lipinski definition) is 0. The maximum absolute atomic E-state index is 3.33. The van der Waals surface area contributed by atoms with Crippen molar-refractivity contribution in [2.24, 2.45) is 0 Å².